The molecule has 1 saturated heterocycles. The van der Waals surface area contributed by atoms with Crippen molar-refractivity contribution in [3.8, 4) is 0 Å². The molecule has 0 spiro atoms. The van der Waals surface area contributed by atoms with E-state index in [1.165, 1.54) is 0 Å². The highest BCUT2D eigenvalue weighted by Crippen LogP contribution is 2.42. The van der Waals surface area contributed by atoms with Crippen LogP contribution in [0.3, 0.4) is 0 Å². The first-order valence-electron chi connectivity index (χ1n) is 8.20. The fraction of sp³-hybridized carbons (Fsp3) is 0.471. The molecule has 5 nitrogen and oxygen atoms in total. The average Bonchev–Trinajstić information content (AvgIpc) is 3.16. The van der Waals surface area contributed by atoms with E-state index in [0.29, 0.717) is 23.2 Å². The number of fused-ring (bicyclic) bond motifs is 3. The van der Waals surface area contributed by atoms with E-state index in [2.05, 4.69) is 15.6 Å². The molecule has 3 heterocycles. The molecular formula is C17H19Cl2N3O2. The van der Waals surface area contributed by atoms with Crippen LogP contribution in [-0.4, -0.2) is 36.7 Å². The number of aromatic amines is 1. The number of hydrogen-bond donors (Lipinski definition) is 3. The lowest BCUT2D eigenvalue weighted by atomic mass is 9.96. The summed E-state index contributed by atoms with van der Waals surface area (Å²) >= 11 is 12.8. The molecule has 1 aromatic carbocycles. The van der Waals surface area contributed by atoms with Crippen molar-refractivity contribution in [1.82, 2.24) is 10.3 Å². The molecule has 2 aliphatic heterocycles. The van der Waals surface area contributed by atoms with Crippen LogP contribution in [-0.2, 0) is 16.0 Å². The van der Waals surface area contributed by atoms with Crippen molar-refractivity contribution >= 4 is 45.7 Å². The Morgan fingerprint density at radius 3 is 2.96 bits per heavy atom. The van der Waals surface area contributed by atoms with Crippen molar-refractivity contribution in [2.24, 2.45) is 0 Å². The topological polar surface area (TPSA) is 66.2 Å². The fourth-order valence-electron chi connectivity index (χ4n) is 3.64. The monoisotopic (exact) mass is 367 g/mol. The van der Waals surface area contributed by atoms with Crippen LogP contribution in [0.2, 0.25) is 10.0 Å². The van der Waals surface area contributed by atoms with Gasteiger partial charge in [-0.05, 0) is 25.0 Å². The smallest absolute Gasteiger partial charge is 0.227 e. The van der Waals surface area contributed by atoms with E-state index in [9.17, 15) is 4.79 Å². The third-order valence-corrected chi connectivity index (χ3v) is 5.67. The Kier molecular flexibility index (Phi) is 4.11. The number of ether oxygens (including phenoxy) is 1. The first-order chi connectivity index (χ1) is 11.6. The number of carbonyl (C=O) groups excluding carboxylic acids is 1. The molecule has 0 bridgehead atoms. The third kappa shape index (κ3) is 2.55. The Morgan fingerprint density at radius 1 is 1.38 bits per heavy atom. The lowest BCUT2D eigenvalue weighted by Crippen LogP contribution is -2.27. The second-order valence-corrected chi connectivity index (χ2v) is 7.24. The molecule has 128 valence electrons. The van der Waals surface area contributed by atoms with Crippen LogP contribution in [0.4, 0.5) is 5.69 Å². The Morgan fingerprint density at radius 2 is 2.21 bits per heavy atom. The molecule has 24 heavy (non-hydrogen) atoms. The number of H-pyrrole nitrogens is 1. The molecule has 0 radical (unpaired) electrons. The summed E-state index contributed by atoms with van der Waals surface area (Å²) < 4.78 is 5.45. The highest BCUT2D eigenvalue weighted by Gasteiger charge is 2.29. The van der Waals surface area contributed by atoms with Gasteiger partial charge in [0.05, 0.1) is 34.1 Å². The maximum absolute atomic E-state index is 12.3. The van der Waals surface area contributed by atoms with Gasteiger partial charge in [-0.1, -0.05) is 23.2 Å². The van der Waals surface area contributed by atoms with Gasteiger partial charge in [-0.2, -0.15) is 0 Å². The van der Waals surface area contributed by atoms with Gasteiger partial charge in [-0.25, -0.2) is 0 Å². The van der Waals surface area contributed by atoms with Crippen LogP contribution in [0, 0.1) is 0 Å². The van der Waals surface area contributed by atoms with Crippen LogP contribution >= 0.6 is 23.2 Å². The number of anilines is 1. The number of halogens is 2. The SMILES string of the molecule is C[C@@H]1C(=O)NCCc2[nH]c3c(Cl)c(Cl)cc(N[C@@H]4CCOC4)c3c21. The van der Waals surface area contributed by atoms with Gasteiger partial charge in [-0.3, -0.25) is 4.79 Å². The first kappa shape index (κ1) is 16.1. The maximum Gasteiger partial charge on any atom is 0.227 e. The quantitative estimate of drug-likeness (QED) is 0.761. The van der Waals surface area contributed by atoms with Gasteiger partial charge < -0.3 is 20.4 Å². The van der Waals surface area contributed by atoms with Crippen molar-refractivity contribution in [1.29, 1.82) is 0 Å². The number of carbonyl (C=O) groups is 1. The lowest BCUT2D eigenvalue weighted by molar-refractivity contribution is -0.121. The number of aromatic nitrogens is 1. The van der Waals surface area contributed by atoms with Crippen molar-refractivity contribution in [3.63, 3.8) is 0 Å². The van der Waals surface area contributed by atoms with E-state index in [1.807, 2.05) is 13.0 Å². The number of amides is 1. The van der Waals surface area contributed by atoms with Crippen LogP contribution in [0.15, 0.2) is 6.07 Å². The minimum Gasteiger partial charge on any atom is -0.379 e. The molecule has 0 aliphatic carbocycles. The van der Waals surface area contributed by atoms with Crippen molar-refractivity contribution < 1.29 is 9.53 Å². The lowest BCUT2D eigenvalue weighted by Gasteiger charge is -2.17. The molecule has 1 fully saturated rings. The van der Waals surface area contributed by atoms with E-state index in [1.54, 1.807) is 0 Å². The van der Waals surface area contributed by atoms with Crippen molar-refractivity contribution in [2.45, 2.75) is 31.7 Å². The standard InChI is InChI=1S/C17H19Cl2N3O2/c1-8-13-11(2-4-20-17(8)23)22-16-14(13)12(6-10(18)15(16)19)21-9-3-5-24-7-9/h6,8-9,21-22H,2-5,7H2,1H3,(H,20,23)/t8-,9+/m0/s1. The van der Waals surface area contributed by atoms with Crippen molar-refractivity contribution in [2.75, 3.05) is 25.1 Å². The number of hydrogen-bond acceptors (Lipinski definition) is 3. The van der Waals surface area contributed by atoms with Crippen LogP contribution in [0.5, 0.6) is 0 Å². The minimum atomic E-state index is -0.242. The van der Waals surface area contributed by atoms with E-state index in [4.69, 9.17) is 27.9 Å². The van der Waals surface area contributed by atoms with Gasteiger partial charge in [-0.15, -0.1) is 0 Å². The summed E-state index contributed by atoms with van der Waals surface area (Å²) in [5.74, 6) is -0.204. The second kappa shape index (κ2) is 6.14. The summed E-state index contributed by atoms with van der Waals surface area (Å²) in [6.45, 7) is 3.97. The normalized spacial score (nSPS) is 23.9. The number of nitrogens with one attached hydrogen (secondary N) is 3. The molecule has 2 aromatic rings. The molecule has 0 unspecified atom stereocenters. The largest absolute Gasteiger partial charge is 0.379 e. The van der Waals surface area contributed by atoms with E-state index in [-0.39, 0.29) is 17.9 Å². The van der Waals surface area contributed by atoms with Crippen LogP contribution < -0.4 is 10.6 Å². The van der Waals surface area contributed by atoms with Gasteiger partial charge in [0.15, 0.2) is 0 Å². The van der Waals surface area contributed by atoms with Gasteiger partial charge in [0, 0.05) is 36.3 Å². The number of rotatable bonds is 2. The summed E-state index contributed by atoms with van der Waals surface area (Å²) in [4.78, 5) is 15.7. The Labute approximate surface area is 150 Å². The predicted molar refractivity (Wildman–Crippen MR) is 96.3 cm³/mol. The second-order valence-electron chi connectivity index (χ2n) is 6.45. The third-order valence-electron chi connectivity index (χ3n) is 4.88. The fourth-order valence-corrected chi connectivity index (χ4v) is 4.04. The molecule has 3 N–H and O–H groups in total. The Hall–Kier alpha value is -1.43. The summed E-state index contributed by atoms with van der Waals surface area (Å²) in [7, 11) is 0. The summed E-state index contributed by atoms with van der Waals surface area (Å²) in [6.07, 6.45) is 1.70. The van der Waals surface area contributed by atoms with Crippen molar-refractivity contribution in [3.05, 3.63) is 27.4 Å². The highest BCUT2D eigenvalue weighted by atomic mass is 35.5. The highest BCUT2D eigenvalue weighted by molar-refractivity contribution is 6.45. The van der Waals surface area contributed by atoms with E-state index in [0.717, 1.165) is 47.3 Å². The Bertz CT molecular complexity index is 812. The molecule has 0 saturated carbocycles. The minimum absolute atomic E-state index is 0.0378. The van der Waals surface area contributed by atoms with Crippen LogP contribution in [0.1, 0.15) is 30.5 Å². The molecule has 7 heteroatoms. The van der Waals surface area contributed by atoms with Gasteiger partial charge in [0.2, 0.25) is 5.91 Å². The zero-order chi connectivity index (χ0) is 16.8. The van der Waals surface area contributed by atoms with Gasteiger partial charge >= 0.3 is 0 Å². The maximum atomic E-state index is 12.3. The van der Waals surface area contributed by atoms with E-state index < -0.39 is 0 Å². The molecule has 4 rings (SSSR count). The Balaban J connectivity index is 1.92. The van der Waals surface area contributed by atoms with Gasteiger partial charge in [0.1, 0.15) is 0 Å². The van der Waals surface area contributed by atoms with Gasteiger partial charge in [0.25, 0.3) is 0 Å². The zero-order valence-corrected chi connectivity index (χ0v) is 14.9. The first-order valence-corrected chi connectivity index (χ1v) is 8.96. The molecule has 1 aromatic heterocycles. The molecular weight excluding hydrogens is 349 g/mol. The number of benzene rings is 1. The summed E-state index contributed by atoms with van der Waals surface area (Å²) in [6, 6.07) is 2.10. The average molecular weight is 368 g/mol. The molecule has 2 aliphatic rings. The summed E-state index contributed by atoms with van der Waals surface area (Å²) in [5, 5.41) is 8.44. The van der Waals surface area contributed by atoms with E-state index >= 15 is 0 Å². The summed E-state index contributed by atoms with van der Waals surface area (Å²) in [5.41, 5.74) is 3.77. The predicted octanol–water partition coefficient (Wildman–Crippen LogP) is 3.45. The zero-order valence-electron chi connectivity index (χ0n) is 13.3. The molecule has 1 amide bonds. The molecule has 2 atom stereocenters. The van der Waals surface area contributed by atoms with Crippen LogP contribution in [0.25, 0.3) is 10.9 Å².